The van der Waals surface area contributed by atoms with Gasteiger partial charge in [-0.05, 0) is 6.08 Å². The molecule has 1 aliphatic heterocycles. The zero-order chi connectivity index (χ0) is 10.6. The maximum Gasteiger partial charge on any atom is 0.222 e. The van der Waals surface area contributed by atoms with Crippen molar-refractivity contribution in [3.05, 3.63) is 12.2 Å². The first-order valence-corrected chi connectivity index (χ1v) is 4.66. The predicted octanol–water partition coefficient (Wildman–Crippen LogP) is 0.640. The molecule has 0 N–H and O–H groups in total. The number of nitrogens with zero attached hydrogens (tertiary/aromatic N) is 1. The summed E-state index contributed by atoms with van der Waals surface area (Å²) in [4.78, 5) is 13.0. The molecule has 4 heteroatoms. The molecule has 1 heterocycles. The van der Waals surface area contributed by atoms with E-state index < -0.39 is 0 Å². The van der Waals surface area contributed by atoms with Crippen LogP contribution in [0.1, 0.15) is 6.42 Å². The summed E-state index contributed by atoms with van der Waals surface area (Å²) >= 11 is 0. The highest BCUT2D eigenvalue weighted by Gasteiger charge is 2.18. The van der Waals surface area contributed by atoms with Gasteiger partial charge < -0.3 is 14.4 Å². The van der Waals surface area contributed by atoms with Crippen LogP contribution in [0.4, 0.5) is 0 Å². The summed E-state index contributed by atoms with van der Waals surface area (Å²) in [5.74, 6) is 0.301. The van der Waals surface area contributed by atoms with E-state index in [4.69, 9.17) is 9.47 Å². The quantitative estimate of drug-likeness (QED) is 0.626. The number of carbonyl (C=O) groups excluding carboxylic acids is 1. The third-order valence-corrected chi connectivity index (χ3v) is 2.18. The maximum absolute atomic E-state index is 11.4. The Balaban J connectivity index is 2.38. The summed E-state index contributed by atoms with van der Waals surface area (Å²) in [6.45, 7) is 0.550. The van der Waals surface area contributed by atoms with Gasteiger partial charge in [-0.25, -0.2) is 0 Å². The molecule has 14 heavy (non-hydrogen) atoms. The van der Waals surface area contributed by atoms with Gasteiger partial charge in [0.25, 0.3) is 0 Å². The minimum Gasteiger partial charge on any atom is -0.352 e. The first kappa shape index (κ1) is 11.2. The molecule has 0 aliphatic carbocycles. The van der Waals surface area contributed by atoms with E-state index in [0.29, 0.717) is 13.0 Å². The Morgan fingerprint density at radius 1 is 1.57 bits per heavy atom. The van der Waals surface area contributed by atoms with Crippen LogP contribution in [0.5, 0.6) is 0 Å². The van der Waals surface area contributed by atoms with E-state index in [9.17, 15) is 4.79 Å². The molecule has 0 spiro atoms. The standard InChI is InChI=1S/C10H17NO3/c1-11(2)9(12)6-8-4-5-10(13-3)14-7-8/h4-5,8,10H,6-7H2,1-3H3/t8-,10+/m1/s1. The molecule has 0 unspecified atom stereocenters. The second-order valence-corrected chi connectivity index (χ2v) is 3.57. The van der Waals surface area contributed by atoms with Crippen LogP contribution in [-0.4, -0.2) is 44.9 Å². The third-order valence-electron chi connectivity index (χ3n) is 2.18. The van der Waals surface area contributed by atoms with Crippen LogP contribution in [0.15, 0.2) is 12.2 Å². The number of carbonyl (C=O) groups is 1. The largest absolute Gasteiger partial charge is 0.352 e. The van der Waals surface area contributed by atoms with Gasteiger partial charge in [-0.2, -0.15) is 0 Å². The molecule has 1 amide bonds. The van der Waals surface area contributed by atoms with E-state index in [1.165, 1.54) is 0 Å². The average Bonchev–Trinajstić information content (AvgIpc) is 2.19. The van der Waals surface area contributed by atoms with Crippen LogP contribution in [0, 0.1) is 5.92 Å². The molecule has 2 atom stereocenters. The molecule has 0 radical (unpaired) electrons. The lowest BCUT2D eigenvalue weighted by atomic mass is 10.0. The molecule has 0 saturated heterocycles. The fraction of sp³-hybridized carbons (Fsp3) is 0.700. The molecule has 0 aromatic carbocycles. The topological polar surface area (TPSA) is 38.8 Å². The number of methoxy groups -OCH3 is 1. The first-order valence-electron chi connectivity index (χ1n) is 4.66. The van der Waals surface area contributed by atoms with Gasteiger partial charge >= 0.3 is 0 Å². The zero-order valence-corrected chi connectivity index (χ0v) is 8.90. The molecular formula is C10H17NO3. The van der Waals surface area contributed by atoms with Gasteiger partial charge in [0.05, 0.1) is 6.61 Å². The van der Waals surface area contributed by atoms with Gasteiger partial charge in [0.2, 0.25) is 5.91 Å². The van der Waals surface area contributed by atoms with Crippen LogP contribution < -0.4 is 0 Å². The molecule has 0 saturated carbocycles. The SMILES string of the molecule is CO[C@@H]1C=C[C@H](CC(=O)N(C)C)CO1. The summed E-state index contributed by atoms with van der Waals surface area (Å²) in [5, 5.41) is 0. The van der Waals surface area contributed by atoms with Gasteiger partial charge in [0.1, 0.15) is 0 Å². The van der Waals surface area contributed by atoms with Crippen molar-refractivity contribution in [2.45, 2.75) is 12.7 Å². The molecule has 0 aromatic heterocycles. The molecule has 1 rings (SSSR count). The summed E-state index contributed by atoms with van der Waals surface area (Å²) in [5.41, 5.74) is 0. The molecule has 1 aliphatic rings. The molecule has 0 fully saturated rings. The van der Waals surface area contributed by atoms with Crippen molar-refractivity contribution < 1.29 is 14.3 Å². The van der Waals surface area contributed by atoms with Crippen molar-refractivity contribution in [3.8, 4) is 0 Å². The van der Waals surface area contributed by atoms with Crippen molar-refractivity contribution in [1.82, 2.24) is 4.90 Å². The Hall–Kier alpha value is -0.870. The Bertz CT molecular complexity index is 225. The molecular weight excluding hydrogens is 182 g/mol. The van der Waals surface area contributed by atoms with Crippen LogP contribution >= 0.6 is 0 Å². The van der Waals surface area contributed by atoms with Gasteiger partial charge in [0.15, 0.2) is 6.29 Å². The van der Waals surface area contributed by atoms with Gasteiger partial charge in [-0.3, -0.25) is 4.79 Å². The Morgan fingerprint density at radius 2 is 2.29 bits per heavy atom. The van der Waals surface area contributed by atoms with Crippen LogP contribution in [-0.2, 0) is 14.3 Å². The summed E-state index contributed by atoms with van der Waals surface area (Å²) in [7, 11) is 5.11. The van der Waals surface area contributed by atoms with E-state index in [-0.39, 0.29) is 18.1 Å². The van der Waals surface area contributed by atoms with Crippen molar-refractivity contribution in [1.29, 1.82) is 0 Å². The van der Waals surface area contributed by atoms with E-state index >= 15 is 0 Å². The Morgan fingerprint density at radius 3 is 2.71 bits per heavy atom. The highest BCUT2D eigenvalue weighted by molar-refractivity contribution is 5.76. The molecule has 0 bridgehead atoms. The lowest BCUT2D eigenvalue weighted by molar-refractivity contribution is -0.132. The minimum absolute atomic E-state index is 0.124. The maximum atomic E-state index is 11.4. The van der Waals surface area contributed by atoms with Crippen molar-refractivity contribution >= 4 is 5.91 Å². The van der Waals surface area contributed by atoms with Crippen LogP contribution in [0.3, 0.4) is 0 Å². The number of ether oxygens (including phenoxy) is 2. The van der Waals surface area contributed by atoms with E-state index in [1.807, 2.05) is 12.2 Å². The highest BCUT2D eigenvalue weighted by atomic mass is 16.7. The van der Waals surface area contributed by atoms with Gasteiger partial charge in [-0.1, -0.05) is 6.08 Å². The summed E-state index contributed by atoms with van der Waals surface area (Å²) in [6.07, 6.45) is 4.08. The summed E-state index contributed by atoms with van der Waals surface area (Å²) in [6, 6.07) is 0. The molecule has 80 valence electrons. The fourth-order valence-electron chi connectivity index (χ4n) is 1.26. The molecule has 4 nitrogen and oxygen atoms in total. The highest BCUT2D eigenvalue weighted by Crippen LogP contribution is 2.15. The number of hydrogen-bond donors (Lipinski definition) is 0. The smallest absolute Gasteiger partial charge is 0.222 e. The van der Waals surface area contributed by atoms with Gasteiger partial charge in [0, 0.05) is 33.5 Å². The summed E-state index contributed by atoms with van der Waals surface area (Å²) < 4.78 is 10.3. The molecule has 0 aromatic rings. The van der Waals surface area contributed by atoms with Crippen molar-refractivity contribution in [2.24, 2.45) is 5.92 Å². The Labute approximate surface area is 84.5 Å². The Kier molecular flexibility index (Phi) is 4.10. The van der Waals surface area contributed by atoms with Crippen LogP contribution in [0.25, 0.3) is 0 Å². The van der Waals surface area contributed by atoms with E-state index in [0.717, 1.165) is 0 Å². The predicted molar refractivity (Wildman–Crippen MR) is 52.7 cm³/mol. The zero-order valence-electron chi connectivity index (χ0n) is 8.90. The average molecular weight is 199 g/mol. The second-order valence-electron chi connectivity index (χ2n) is 3.57. The number of rotatable bonds is 3. The monoisotopic (exact) mass is 199 g/mol. The number of amides is 1. The third kappa shape index (κ3) is 3.12. The normalized spacial score (nSPS) is 26.2. The fourth-order valence-corrected chi connectivity index (χ4v) is 1.26. The van der Waals surface area contributed by atoms with Crippen molar-refractivity contribution in [2.75, 3.05) is 27.8 Å². The first-order chi connectivity index (χ1) is 6.63. The van der Waals surface area contributed by atoms with E-state index in [1.54, 1.807) is 26.1 Å². The lowest BCUT2D eigenvalue weighted by Gasteiger charge is -2.23. The van der Waals surface area contributed by atoms with Gasteiger partial charge in [-0.15, -0.1) is 0 Å². The van der Waals surface area contributed by atoms with Crippen LogP contribution in [0.2, 0.25) is 0 Å². The van der Waals surface area contributed by atoms with Crippen molar-refractivity contribution in [3.63, 3.8) is 0 Å². The second kappa shape index (κ2) is 5.12. The van der Waals surface area contributed by atoms with E-state index in [2.05, 4.69) is 0 Å². The lowest BCUT2D eigenvalue weighted by Crippen LogP contribution is -2.28. The minimum atomic E-state index is -0.249. The number of hydrogen-bond acceptors (Lipinski definition) is 3.